The molecule has 2 heterocycles. The Morgan fingerprint density at radius 3 is 3.14 bits per heavy atom. The van der Waals surface area contributed by atoms with Crippen LogP contribution < -0.4 is 5.32 Å². The predicted octanol–water partition coefficient (Wildman–Crippen LogP) is 2.18. The fourth-order valence-corrected chi connectivity index (χ4v) is 3.61. The fourth-order valence-electron chi connectivity index (χ4n) is 2.85. The zero-order valence-corrected chi connectivity index (χ0v) is 13.0. The van der Waals surface area contributed by atoms with E-state index in [1.54, 1.807) is 11.4 Å². The minimum atomic E-state index is -0.0802. The van der Waals surface area contributed by atoms with Crippen LogP contribution in [0.5, 0.6) is 0 Å². The van der Waals surface area contributed by atoms with Crippen molar-refractivity contribution in [2.45, 2.75) is 44.7 Å². The zero-order chi connectivity index (χ0) is 15.2. The highest BCUT2D eigenvalue weighted by Gasteiger charge is 2.27. The number of hydrogen-bond acceptors (Lipinski definition) is 5. The van der Waals surface area contributed by atoms with Crippen molar-refractivity contribution >= 4 is 22.2 Å². The van der Waals surface area contributed by atoms with Crippen LogP contribution in [0, 0.1) is 11.3 Å². The number of amides is 1. The van der Waals surface area contributed by atoms with Gasteiger partial charge in [-0.1, -0.05) is 6.42 Å². The van der Waals surface area contributed by atoms with Crippen LogP contribution in [-0.4, -0.2) is 41.1 Å². The number of nitrogens with one attached hydrogen (secondary N) is 1. The van der Waals surface area contributed by atoms with Gasteiger partial charge < -0.3 is 10.4 Å². The lowest BCUT2D eigenvalue weighted by molar-refractivity contribution is -0.117. The average molecular weight is 307 g/mol. The maximum atomic E-state index is 12.0. The monoisotopic (exact) mass is 307 g/mol. The first kappa shape index (κ1) is 16.0. The molecule has 1 aromatic heterocycles. The lowest BCUT2D eigenvalue weighted by Gasteiger charge is -2.39. The number of thiophene rings is 1. The molecule has 1 aromatic rings. The van der Waals surface area contributed by atoms with Gasteiger partial charge in [0.15, 0.2) is 0 Å². The third-order valence-corrected chi connectivity index (χ3v) is 4.87. The van der Waals surface area contributed by atoms with E-state index in [-0.39, 0.29) is 18.6 Å². The molecule has 2 unspecified atom stereocenters. The lowest BCUT2D eigenvalue weighted by atomic mass is 9.96. The molecular formula is C15H21N3O2S. The molecule has 0 spiro atoms. The normalized spacial score (nSPS) is 22.7. The molecule has 2 N–H and O–H groups in total. The van der Waals surface area contributed by atoms with Crippen molar-refractivity contribution in [1.29, 1.82) is 5.26 Å². The van der Waals surface area contributed by atoms with Crippen LogP contribution in [0.2, 0.25) is 0 Å². The lowest BCUT2D eigenvalue weighted by Crippen LogP contribution is -2.48. The van der Waals surface area contributed by atoms with E-state index in [1.807, 2.05) is 0 Å². The first-order chi connectivity index (χ1) is 10.2. The fraction of sp³-hybridized carbons (Fsp3) is 0.600. The van der Waals surface area contributed by atoms with Crippen molar-refractivity contribution in [3.63, 3.8) is 0 Å². The largest absolute Gasteiger partial charge is 0.395 e. The molecule has 1 amide bonds. The van der Waals surface area contributed by atoms with Gasteiger partial charge in [-0.05, 0) is 31.2 Å². The molecule has 0 saturated carbocycles. The summed E-state index contributed by atoms with van der Waals surface area (Å²) >= 11 is 1.36. The van der Waals surface area contributed by atoms with Gasteiger partial charge in [0, 0.05) is 25.0 Å². The maximum Gasteiger partial charge on any atom is 0.226 e. The Labute approximate surface area is 129 Å². The molecule has 0 aliphatic carbocycles. The molecule has 6 heteroatoms. The number of carbonyl (C=O) groups is 1. The number of anilines is 1. The highest BCUT2D eigenvalue weighted by molar-refractivity contribution is 7.14. The third-order valence-electron chi connectivity index (χ3n) is 4.04. The van der Waals surface area contributed by atoms with Gasteiger partial charge in [-0.3, -0.25) is 9.69 Å². The Kier molecular flexibility index (Phi) is 5.74. The third kappa shape index (κ3) is 4.03. The van der Waals surface area contributed by atoms with Crippen molar-refractivity contribution in [3.8, 4) is 6.07 Å². The van der Waals surface area contributed by atoms with E-state index in [4.69, 9.17) is 5.26 Å². The highest BCUT2D eigenvalue weighted by Crippen LogP contribution is 2.24. The van der Waals surface area contributed by atoms with Crippen molar-refractivity contribution in [2.24, 2.45) is 0 Å². The number of rotatable bonds is 5. The molecule has 21 heavy (non-hydrogen) atoms. The molecule has 0 radical (unpaired) electrons. The van der Waals surface area contributed by atoms with Gasteiger partial charge in [0.05, 0.1) is 12.2 Å². The van der Waals surface area contributed by atoms with Gasteiger partial charge >= 0.3 is 0 Å². The molecule has 0 aromatic carbocycles. The smallest absolute Gasteiger partial charge is 0.226 e. The van der Waals surface area contributed by atoms with Crippen LogP contribution in [0.25, 0.3) is 0 Å². The second-order valence-corrected chi connectivity index (χ2v) is 6.34. The van der Waals surface area contributed by atoms with Crippen molar-refractivity contribution in [2.75, 3.05) is 18.5 Å². The molecule has 1 aliphatic rings. The van der Waals surface area contributed by atoms with Crippen LogP contribution in [0.4, 0.5) is 5.00 Å². The molecule has 114 valence electrons. The first-order valence-electron chi connectivity index (χ1n) is 7.29. The molecule has 0 bridgehead atoms. The number of carbonyl (C=O) groups excluding carboxylic acids is 1. The van der Waals surface area contributed by atoms with E-state index in [0.717, 1.165) is 19.3 Å². The molecule has 2 rings (SSSR count). The highest BCUT2D eigenvalue weighted by atomic mass is 32.1. The van der Waals surface area contributed by atoms with Gasteiger partial charge in [0.1, 0.15) is 11.1 Å². The summed E-state index contributed by atoms with van der Waals surface area (Å²) in [5.41, 5.74) is 0.507. The zero-order valence-electron chi connectivity index (χ0n) is 12.2. The van der Waals surface area contributed by atoms with Crippen LogP contribution in [0.3, 0.4) is 0 Å². The Morgan fingerprint density at radius 1 is 1.62 bits per heavy atom. The predicted molar refractivity (Wildman–Crippen MR) is 83.2 cm³/mol. The van der Waals surface area contributed by atoms with Crippen molar-refractivity contribution < 1.29 is 9.90 Å². The second-order valence-electron chi connectivity index (χ2n) is 5.43. The van der Waals surface area contributed by atoms with E-state index in [2.05, 4.69) is 23.2 Å². The van der Waals surface area contributed by atoms with Crippen LogP contribution in [0.15, 0.2) is 11.4 Å². The van der Waals surface area contributed by atoms with Crippen molar-refractivity contribution in [1.82, 2.24) is 4.90 Å². The van der Waals surface area contributed by atoms with E-state index in [9.17, 15) is 9.90 Å². The number of nitrogens with zero attached hydrogens (tertiary/aromatic N) is 2. The van der Waals surface area contributed by atoms with Crippen LogP contribution in [-0.2, 0) is 4.79 Å². The molecule has 5 nitrogen and oxygen atoms in total. The number of piperidine rings is 1. The Morgan fingerprint density at radius 2 is 2.43 bits per heavy atom. The SMILES string of the molecule is CC1CCCC(CO)N1CCC(=O)Nc1sccc1C#N. The minimum Gasteiger partial charge on any atom is -0.395 e. The van der Waals surface area contributed by atoms with Gasteiger partial charge in [0.2, 0.25) is 5.91 Å². The molecule has 1 aliphatic heterocycles. The molecule has 1 saturated heterocycles. The van der Waals surface area contributed by atoms with E-state index in [0.29, 0.717) is 29.6 Å². The number of nitriles is 1. The summed E-state index contributed by atoms with van der Waals surface area (Å²) in [6.45, 7) is 2.94. The second kappa shape index (κ2) is 7.55. The van der Waals surface area contributed by atoms with Gasteiger partial charge in [-0.15, -0.1) is 11.3 Å². The number of hydrogen-bond donors (Lipinski definition) is 2. The summed E-state index contributed by atoms with van der Waals surface area (Å²) in [5.74, 6) is -0.0802. The Balaban J connectivity index is 1.87. The number of likely N-dealkylation sites (tertiary alicyclic amines) is 1. The summed E-state index contributed by atoms with van der Waals surface area (Å²) in [5, 5.41) is 23.6. The summed E-state index contributed by atoms with van der Waals surface area (Å²) in [6.07, 6.45) is 3.62. The van der Waals surface area contributed by atoms with Crippen LogP contribution in [0.1, 0.15) is 38.2 Å². The summed E-state index contributed by atoms with van der Waals surface area (Å²) in [6, 6.07) is 4.33. The van der Waals surface area contributed by atoms with Gasteiger partial charge in [0.25, 0.3) is 0 Å². The molecular weight excluding hydrogens is 286 g/mol. The number of aliphatic hydroxyl groups is 1. The van der Waals surface area contributed by atoms with Gasteiger partial charge in [-0.2, -0.15) is 5.26 Å². The van der Waals surface area contributed by atoms with Gasteiger partial charge in [-0.25, -0.2) is 0 Å². The van der Waals surface area contributed by atoms with E-state index >= 15 is 0 Å². The molecule has 1 fully saturated rings. The summed E-state index contributed by atoms with van der Waals surface area (Å²) in [4.78, 5) is 14.2. The average Bonchev–Trinajstić information content (AvgIpc) is 2.92. The Hall–Kier alpha value is -1.42. The maximum absolute atomic E-state index is 12.0. The van der Waals surface area contributed by atoms with E-state index < -0.39 is 0 Å². The minimum absolute atomic E-state index is 0.0802. The number of aliphatic hydroxyl groups excluding tert-OH is 1. The van der Waals surface area contributed by atoms with Crippen molar-refractivity contribution in [3.05, 3.63) is 17.0 Å². The van der Waals surface area contributed by atoms with Crippen LogP contribution >= 0.6 is 11.3 Å². The Bertz CT molecular complexity index is 523. The summed E-state index contributed by atoms with van der Waals surface area (Å²) in [7, 11) is 0. The topological polar surface area (TPSA) is 76.4 Å². The standard InChI is InChI=1S/C15H21N3O2S/c1-11-3-2-4-13(10-19)18(11)7-5-14(20)17-15-12(9-16)6-8-21-15/h6,8,11,13,19H,2-5,7,10H2,1H3,(H,17,20). The molecule has 2 atom stereocenters. The van der Waals surface area contributed by atoms with E-state index in [1.165, 1.54) is 11.3 Å². The first-order valence-corrected chi connectivity index (χ1v) is 8.17. The summed E-state index contributed by atoms with van der Waals surface area (Å²) < 4.78 is 0. The quantitative estimate of drug-likeness (QED) is 0.874.